The third kappa shape index (κ3) is 4.95. The van der Waals surface area contributed by atoms with Crippen LogP contribution in [0, 0.1) is 5.41 Å². The van der Waals surface area contributed by atoms with Crippen molar-refractivity contribution in [2.24, 2.45) is 10.4 Å². The summed E-state index contributed by atoms with van der Waals surface area (Å²) in [6, 6.07) is 3.50. The third-order valence-corrected chi connectivity index (χ3v) is 8.26. The molecule has 1 aliphatic carbocycles. The van der Waals surface area contributed by atoms with Gasteiger partial charge in [0.25, 0.3) is 10.0 Å². The molecule has 2 rings (SSSR count). The molecule has 0 saturated heterocycles. The van der Waals surface area contributed by atoms with Crippen LogP contribution in [-0.2, 0) is 16.6 Å². The quantitative estimate of drug-likeness (QED) is 0.532. The van der Waals surface area contributed by atoms with Crippen molar-refractivity contribution < 1.29 is 8.42 Å². The van der Waals surface area contributed by atoms with Gasteiger partial charge >= 0.3 is 0 Å². The Hall–Kier alpha value is -1.12. The molecule has 1 aromatic rings. The Kier molecular flexibility index (Phi) is 6.87. The van der Waals surface area contributed by atoms with Crippen LogP contribution in [0.1, 0.15) is 44.4 Å². The summed E-state index contributed by atoms with van der Waals surface area (Å²) in [5, 5.41) is 6.73. The summed E-state index contributed by atoms with van der Waals surface area (Å²) in [6.45, 7) is 6.52. The molecule has 1 aromatic heterocycles. The van der Waals surface area contributed by atoms with Gasteiger partial charge in [0.1, 0.15) is 4.21 Å². The average molecular weight is 387 g/mol. The lowest BCUT2D eigenvalue weighted by Crippen LogP contribution is -2.46. The molecule has 0 bridgehead atoms. The summed E-state index contributed by atoms with van der Waals surface area (Å²) in [7, 11) is -0.270. The van der Waals surface area contributed by atoms with E-state index in [1.54, 1.807) is 20.2 Å². The first-order valence-corrected chi connectivity index (χ1v) is 11.1. The molecule has 0 atom stereocenters. The highest BCUT2D eigenvalue weighted by molar-refractivity contribution is 7.91. The van der Waals surface area contributed by atoms with Crippen molar-refractivity contribution >= 4 is 27.3 Å². The molecule has 1 saturated carbocycles. The Morgan fingerprint density at radius 3 is 2.52 bits per heavy atom. The first kappa shape index (κ1) is 20.2. The molecule has 142 valence electrons. The highest BCUT2D eigenvalue weighted by Gasteiger charge is 2.34. The second kappa shape index (κ2) is 8.51. The molecule has 0 aromatic carbocycles. The van der Waals surface area contributed by atoms with Gasteiger partial charge in [0, 0.05) is 32.1 Å². The van der Waals surface area contributed by atoms with Crippen molar-refractivity contribution in [3.8, 4) is 0 Å². The average Bonchev–Trinajstić information content (AvgIpc) is 3.01. The standard InChI is InChI=1S/C17H30N4O2S2/c1-5-17(10-7-11-17)13-20-16(18-6-2)19-12-14-8-9-15(24-14)25(22,23)21(3)4/h8-9H,5-7,10-13H2,1-4H3,(H2,18,19,20). The normalized spacial score (nSPS) is 17.4. The predicted molar refractivity (Wildman–Crippen MR) is 105 cm³/mol. The topological polar surface area (TPSA) is 73.8 Å². The number of sulfonamides is 1. The molecule has 6 nitrogen and oxygen atoms in total. The molecule has 0 amide bonds. The van der Waals surface area contributed by atoms with Crippen LogP contribution in [0.15, 0.2) is 21.3 Å². The third-order valence-electron chi connectivity index (χ3n) is 4.90. The van der Waals surface area contributed by atoms with Crippen LogP contribution in [-0.4, -0.2) is 45.9 Å². The second-order valence-electron chi connectivity index (χ2n) is 6.76. The summed E-state index contributed by atoms with van der Waals surface area (Å²) in [6.07, 6.45) is 5.08. The maximum atomic E-state index is 12.1. The van der Waals surface area contributed by atoms with E-state index < -0.39 is 10.0 Å². The van der Waals surface area contributed by atoms with E-state index in [-0.39, 0.29) is 0 Å². The Bertz CT molecular complexity index is 686. The smallest absolute Gasteiger partial charge is 0.252 e. The number of nitrogens with one attached hydrogen (secondary N) is 2. The van der Waals surface area contributed by atoms with Gasteiger partial charge in [0.2, 0.25) is 0 Å². The lowest BCUT2D eigenvalue weighted by molar-refractivity contribution is 0.131. The predicted octanol–water partition coefficient (Wildman–Crippen LogP) is 2.63. The van der Waals surface area contributed by atoms with Crippen LogP contribution in [0.5, 0.6) is 0 Å². The number of guanidine groups is 1. The van der Waals surface area contributed by atoms with Gasteiger partial charge in [-0.3, -0.25) is 0 Å². The zero-order valence-corrected chi connectivity index (χ0v) is 17.3. The SMILES string of the molecule is CCNC(=NCc1ccc(S(=O)(=O)N(C)C)s1)NCC1(CC)CCC1. The molecular weight excluding hydrogens is 356 g/mol. The second-order valence-corrected chi connectivity index (χ2v) is 10.3. The number of rotatable bonds is 8. The summed E-state index contributed by atoms with van der Waals surface area (Å²) >= 11 is 1.28. The summed E-state index contributed by atoms with van der Waals surface area (Å²) in [5.41, 5.74) is 0.423. The van der Waals surface area contributed by atoms with Gasteiger partial charge in [-0.2, -0.15) is 0 Å². The number of hydrogen-bond acceptors (Lipinski definition) is 4. The minimum atomic E-state index is -3.36. The van der Waals surface area contributed by atoms with Crippen LogP contribution in [0.25, 0.3) is 0 Å². The van der Waals surface area contributed by atoms with Gasteiger partial charge in [-0.25, -0.2) is 17.7 Å². The molecule has 25 heavy (non-hydrogen) atoms. The monoisotopic (exact) mass is 386 g/mol. The summed E-state index contributed by atoms with van der Waals surface area (Å²) < 4.78 is 25.9. The van der Waals surface area contributed by atoms with Crippen molar-refractivity contribution in [3.05, 3.63) is 17.0 Å². The zero-order valence-electron chi connectivity index (χ0n) is 15.6. The van der Waals surface area contributed by atoms with Crippen molar-refractivity contribution in [1.29, 1.82) is 0 Å². The van der Waals surface area contributed by atoms with Crippen LogP contribution in [0.4, 0.5) is 0 Å². The lowest BCUT2D eigenvalue weighted by Gasteiger charge is -2.41. The minimum Gasteiger partial charge on any atom is -0.357 e. The van der Waals surface area contributed by atoms with E-state index in [2.05, 4.69) is 22.5 Å². The number of nitrogens with zero attached hydrogens (tertiary/aromatic N) is 2. The highest BCUT2D eigenvalue weighted by atomic mass is 32.2. The van der Waals surface area contributed by atoms with E-state index in [0.717, 1.165) is 23.9 Å². The Morgan fingerprint density at radius 2 is 2.00 bits per heavy atom. The van der Waals surface area contributed by atoms with Gasteiger partial charge in [0.05, 0.1) is 6.54 Å². The van der Waals surface area contributed by atoms with E-state index in [1.807, 2.05) is 13.0 Å². The molecule has 0 unspecified atom stereocenters. The minimum absolute atomic E-state index is 0.361. The fourth-order valence-corrected chi connectivity index (χ4v) is 5.31. The van der Waals surface area contributed by atoms with Gasteiger partial charge < -0.3 is 10.6 Å². The Balaban J connectivity index is 2.00. The molecule has 8 heteroatoms. The Labute approximate surface area is 155 Å². The van der Waals surface area contributed by atoms with E-state index >= 15 is 0 Å². The van der Waals surface area contributed by atoms with Crippen LogP contribution < -0.4 is 10.6 Å². The maximum absolute atomic E-state index is 12.1. The van der Waals surface area contributed by atoms with Crippen molar-refractivity contribution in [1.82, 2.24) is 14.9 Å². The first-order valence-electron chi connectivity index (χ1n) is 8.86. The molecule has 1 heterocycles. The van der Waals surface area contributed by atoms with Gasteiger partial charge in [-0.05, 0) is 43.7 Å². The lowest BCUT2D eigenvalue weighted by atomic mass is 9.67. The van der Waals surface area contributed by atoms with E-state index in [9.17, 15) is 8.42 Å². The van der Waals surface area contributed by atoms with E-state index in [4.69, 9.17) is 0 Å². The van der Waals surface area contributed by atoms with E-state index in [0.29, 0.717) is 16.2 Å². The maximum Gasteiger partial charge on any atom is 0.252 e. The van der Waals surface area contributed by atoms with Gasteiger partial charge in [-0.15, -0.1) is 11.3 Å². The largest absolute Gasteiger partial charge is 0.357 e. The van der Waals surface area contributed by atoms with Gasteiger partial charge in [-0.1, -0.05) is 13.3 Å². The molecule has 0 spiro atoms. The molecular formula is C17H30N4O2S2. The zero-order chi connectivity index (χ0) is 18.5. The van der Waals surface area contributed by atoms with E-state index in [1.165, 1.54) is 41.3 Å². The highest BCUT2D eigenvalue weighted by Crippen LogP contribution is 2.43. The fourth-order valence-electron chi connectivity index (χ4n) is 2.86. The van der Waals surface area contributed by atoms with Crippen LogP contribution >= 0.6 is 11.3 Å². The van der Waals surface area contributed by atoms with Crippen molar-refractivity contribution in [3.63, 3.8) is 0 Å². The molecule has 2 N–H and O–H groups in total. The van der Waals surface area contributed by atoms with Crippen LogP contribution in [0.2, 0.25) is 0 Å². The summed E-state index contributed by atoms with van der Waals surface area (Å²) in [4.78, 5) is 5.55. The first-order chi connectivity index (χ1) is 11.8. The molecule has 1 fully saturated rings. The molecule has 1 aliphatic rings. The number of hydrogen-bond donors (Lipinski definition) is 2. The van der Waals surface area contributed by atoms with Crippen LogP contribution in [0.3, 0.4) is 0 Å². The van der Waals surface area contributed by atoms with Gasteiger partial charge in [0.15, 0.2) is 5.96 Å². The Morgan fingerprint density at radius 1 is 1.28 bits per heavy atom. The number of thiophene rings is 1. The number of aliphatic imine (C=N–C) groups is 1. The molecule has 0 radical (unpaired) electrons. The molecule has 0 aliphatic heterocycles. The fraction of sp³-hybridized carbons (Fsp3) is 0.706. The summed E-state index contributed by atoms with van der Waals surface area (Å²) in [5.74, 6) is 0.799. The van der Waals surface area contributed by atoms with Crippen molar-refractivity contribution in [2.75, 3.05) is 27.2 Å². The van der Waals surface area contributed by atoms with Crippen molar-refractivity contribution in [2.45, 2.75) is 50.3 Å².